The number of aryl methyl sites for hydroxylation is 2. The Morgan fingerprint density at radius 1 is 1.31 bits per heavy atom. The van der Waals surface area contributed by atoms with Crippen molar-refractivity contribution in [1.29, 1.82) is 0 Å². The molecule has 1 aliphatic heterocycles. The van der Waals surface area contributed by atoms with E-state index < -0.39 is 0 Å². The fourth-order valence-corrected chi connectivity index (χ4v) is 2.71. The van der Waals surface area contributed by atoms with E-state index in [9.17, 15) is 0 Å². The molecule has 3 heterocycles. The highest BCUT2D eigenvalue weighted by Crippen LogP contribution is 2.31. The first-order chi connectivity index (χ1) is 7.75. The predicted octanol–water partition coefficient (Wildman–Crippen LogP) is 2.26. The second kappa shape index (κ2) is 3.59. The van der Waals surface area contributed by atoms with Gasteiger partial charge in [-0.15, -0.1) is 0 Å². The summed E-state index contributed by atoms with van der Waals surface area (Å²) in [6.07, 6.45) is 1.23. The van der Waals surface area contributed by atoms with Crippen molar-refractivity contribution >= 4 is 11.0 Å². The summed E-state index contributed by atoms with van der Waals surface area (Å²) in [5, 5.41) is 3.43. The van der Waals surface area contributed by atoms with Gasteiger partial charge in [0.25, 0.3) is 0 Å². The van der Waals surface area contributed by atoms with Crippen LogP contribution in [0, 0.1) is 13.8 Å². The first-order valence-corrected chi connectivity index (χ1v) is 5.92. The molecule has 1 fully saturated rings. The van der Waals surface area contributed by atoms with Crippen LogP contribution in [-0.4, -0.2) is 23.1 Å². The van der Waals surface area contributed by atoms with E-state index in [2.05, 4.69) is 41.3 Å². The van der Waals surface area contributed by atoms with Gasteiger partial charge in [0.1, 0.15) is 0 Å². The number of H-pyrrole nitrogens is 1. The third-order valence-corrected chi connectivity index (χ3v) is 3.48. The van der Waals surface area contributed by atoms with Crippen LogP contribution in [0.15, 0.2) is 12.1 Å². The molecule has 0 saturated carbocycles. The zero-order valence-electron chi connectivity index (χ0n) is 9.80. The monoisotopic (exact) mass is 215 g/mol. The molecule has 2 aromatic rings. The summed E-state index contributed by atoms with van der Waals surface area (Å²) in [7, 11) is 0. The molecule has 3 heteroatoms. The molecule has 0 radical (unpaired) electrons. The Kier molecular flexibility index (Phi) is 2.21. The Morgan fingerprint density at radius 2 is 2.19 bits per heavy atom. The molecular formula is C13H17N3. The van der Waals surface area contributed by atoms with Crippen LogP contribution in [0.25, 0.3) is 11.0 Å². The van der Waals surface area contributed by atoms with Crippen molar-refractivity contribution in [3.63, 3.8) is 0 Å². The van der Waals surface area contributed by atoms with Crippen molar-refractivity contribution in [3.8, 4) is 0 Å². The van der Waals surface area contributed by atoms with Gasteiger partial charge in [0, 0.05) is 29.4 Å². The van der Waals surface area contributed by atoms with Crippen LogP contribution in [-0.2, 0) is 0 Å². The second-order valence-electron chi connectivity index (χ2n) is 4.70. The van der Waals surface area contributed by atoms with E-state index in [0.717, 1.165) is 18.8 Å². The third kappa shape index (κ3) is 1.43. The van der Waals surface area contributed by atoms with Gasteiger partial charge in [0.15, 0.2) is 0 Å². The molecule has 1 aliphatic rings. The van der Waals surface area contributed by atoms with E-state index in [1.165, 1.54) is 28.7 Å². The van der Waals surface area contributed by atoms with Crippen LogP contribution in [0.4, 0.5) is 0 Å². The number of hydrogen-bond donors (Lipinski definition) is 2. The second-order valence-corrected chi connectivity index (χ2v) is 4.70. The molecule has 16 heavy (non-hydrogen) atoms. The zero-order valence-corrected chi connectivity index (χ0v) is 9.80. The minimum atomic E-state index is 0.628. The maximum absolute atomic E-state index is 4.68. The lowest BCUT2D eigenvalue weighted by Crippen LogP contribution is -2.08. The number of rotatable bonds is 1. The van der Waals surface area contributed by atoms with Crippen LogP contribution >= 0.6 is 0 Å². The zero-order chi connectivity index (χ0) is 11.1. The minimum absolute atomic E-state index is 0.628. The van der Waals surface area contributed by atoms with Gasteiger partial charge in [-0.2, -0.15) is 0 Å². The molecule has 0 aromatic carbocycles. The predicted molar refractivity (Wildman–Crippen MR) is 65.8 cm³/mol. The molecule has 84 valence electrons. The van der Waals surface area contributed by atoms with Crippen LogP contribution < -0.4 is 5.32 Å². The summed E-state index contributed by atoms with van der Waals surface area (Å²) in [4.78, 5) is 8.12. The van der Waals surface area contributed by atoms with Crippen molar-refractivity contribution in [2.45, 2.75) is 26.2 Å². The molecule has 0 aliphatic carbocycles. The Hall–Kier alpha value is -1.35. The van der Waals surface area contributed by atoms with Gasteiger partial charge in [0.2, 0.25) is 0 Å². The SMILES string of the molecule is Cc1ccc2[nH]c(C)c(C3CCNC3)c2n1. The van der Waals surface area contributed by atoms with Gasteiger partial charge >= 0.3 is 0 Å². The van der Waals surface area contributed by atoms with Crippen LogP contribution in [0.3, 0.4) is 0 Å². The van der Waals surface area contributed by atoms with Crippen molar-refractivity contribution in [1.82, 2.24) is 15.3 Å². The van der Waals surface area contributed by atoms with Crippen molar-refractivity contribution < 1.29 is 0 Å². The van der Waals surface area contributed by atoms with Gasteiger partial charge in [0.05, 0.1) is 11.0 Å². The molecule has 1 saturated heterocycles. The molecule has 0 bridgehead atoms. The van der Waals surface area contributed by atoms with Crippen LogP contribution in [0.2, 0.25) is 0 Å². The van der Waals surface area contributed by atoms with Gasteiger partial charge in [-0.05, 0) is 38.9 Å². The van der Waals surface area contributed by atoms with Crippen molar-refractivity contribution in [3.05, 3.63) is 29.1 Å². The van der Waals surface area contributed by atoms with E-state index in [1.807, 2.05) is 0 Å². The fourth-order valence-electron chi connectivity index (χ4n) is 2.71. The van der Waals surface area contributed by atoms with Crippen molar-refractivity contribution in [2.24, 2.45) is 0 Å². The van der Waals surface area contributed by atoms with E-state index in [1.54, 1.807) is 0 Å². The van der Waals surface area contributed by atoms with E-state index in [4.69, 9.17) is 0 Å². The highest BCUT2D eigenvalue weighted by Gasteiger charge is 2.22. The number of hydrogen-bond acceptors (Lipinski definition) is 2. The highest BCUT2D eigenvalue weighted by atomic mass is 14.9. The fraction of sp³-hybridized carbons (Fsp3) is 0.462. The number of fused-ring (bicyclic) bond motifs is 1. The Labute approximate surface area is 95.3 Å². The average molecular weight is 215 g/mol. The molecule has 1 atom stereocenters. The van der Waals surface area contributed by atoms with Gasteiger partial charge in [-0.1, -0.05) is 0 Å². The first-order valence-electron chi connectivity index (χ1n) is 5.92. The molecule has 3 rings (SSSR count). The van der Waals surface area contributed by atoms with Crippen molar-refractivity contribution in [2.75, 3.05) is 13.1 Å². The number of nitrogens with zero attached hydrogens (tertiary/aromatic N) is 1. The largest absolute Gasteiger partial charge is 0.357 e. The first kappa shape index (κ1) is 9.85. The normalized spacial score (nSPS) is 20.8. The van der Waals surface area contributed by atoms with Crippen LogP contribution in [0.1, 0.15) is 29.3 Å². The number of nitrogens with one attached hydrogen (secondary N) is 2. The summed E-state index contributed by atoms with van der Waals surface area (Å²) in [6, 6.07) is 4.20. The van der Waals surface area contributed by atoms with Gasteiger partial charge < -0.3 is 10.3 Å². The number of aromatic amines is 1. The smallest absolute Gasteiger partial charge is 0.0920 e. The molecule has 3 nitrogen and oxygen atoms in total. The standard InChI is InChI=1S/C13H17N3/c1-8-3-4-11-13(15-8)12(9(2)16-11)10-5-6-14-7-10/h3-4,10,14,16H,5-7H2,1-2H3. The molecule has 0 spiro atoms. The summed E-state index contributed by atoms with van der Waals surface area (Å²) in [6.45, 7) is 6.43. The maximum atomic E-state index is 4.68. The molecule has 2 aromatic heterocycles. The highest BCUT2D eigenvalue weighted by molar-refractivity contribution is 5.81. The molecular weight excluding hydrogens is 198 g/mol. The number of aromatic nitrogens is 2. The summed E-state index contributed by atoms with van der Waals surface area (Å²) >= 11 is 0. The van der Waals surface area contributed by atoms with Gasteiger partial charge in [-0.3, -0.25) is 4.98 Å². The maximum Gasteiger partial charge on any atom is 0.0920 e. The lowest BCUT2D eigenvalue weighted by molar-refractivity contribution is 0.761. The minimum Gasteiger partial charge on any atom is -0.357 e. The Morgan fingerprint density at radius 3 is 2.94 bits per heavy atom. The topological polar surface area (TPSA) is 40.7 Å². The van der Waals surface area contributed by atoms with E-state index in [-0.39, 0.29) is 0 Å². The lowest BCUT2D eigenvalue weighted by Gasteiger charge is -2.08. The summed E-state index contributed by atoms with van der Waals surface area (Å²) in [5.74, 6) is 0.628. The summed E-state index contributed by atoms with van der Waals surface area (Å²) in [5.41, 5.74) is 6.14. The third-order valence-electron chi connectivity index (χ3n) is 3.48. The molecule has 1 unspecified atom stereocenters. The van der Waals surface area contributed by atoms with Gasteiger partial charge in [-0.25, -0.2) is 0 Å². The molecule has 0 amide bonds. The Bertz CT molecular complexity index is 521. The molecule has 2 N–H and O–H groups in total. The lowest BCUT2D eigenvalue weighted by atomic mass is 9.97. The quantitative estimate of drug-likeness (QED) is 0.766. The van der Waals surface area contributed by atoms with Crippen LogP contribution in [0.5, 0.6) is 0 Å². The average Bonchev–Trinajstić information content (AvgIpc) is 2.83. The number of pyridine rings is 1. The summed E-state index contributed by atoms with van der Waals surface area (Å²) < 4.78 is 0. The Balaban J connectivity index is 2.20. The van der Waals surface area contributed by atoms with E-state index >= 15 is 0 Å². The van der Waals surface area contributed by atoms with E-state index in [0.29, 0.717) is 5.92 Å².